The van der Waals surface area contributed by atoms with Gasteiger partial charge in [-0.3, -0.25) is 0 Å². The molecule has 1 aromatic rings. The molecule has 0 heterocycles. The summed E-state index contributed by atoms with van der Waals surface area (Å²) in [6, 6.07) is 3.57. The van der Waals surface area contributed by atoms with Crippen molar-refractivity contribution in [3.8, 4) is 11.5 Å². The molecule has 1 aromatic carbocycles. The van der Waals surface area contributed by atoms with E-state index >= 15 is 0 Å². The summed E-state index contributed by atoms with van der Waals surface area (Å²) in [5.41, 5.74) is 0.974. The minimum atomic E-state index is 0.658. The molecule has 0 bridgehead atoms. The van der Waals surface area contributed by atoms with Crippen LogP contribution in [0.25, 0.3) is 0 Å². The highest BCUT2D eigenvalue weighted by Gasteiger charge is 2.07. The number of hydrogen-bond donors (Lipinski definition) is 0. The van der Waals surface area contributed by atoms with Crippen LogP contribution in [0.15, 0.2) is 12.1 Å². The number of hydrogen-bond acceptors (Lipinski definition) is 2. The van der Waals surface area contributed by atoms with Crippen LogP contribution in [0.5, 0.6) is 11.5 Å². The van der Waals surface area contributed by atoms with Crippen molar-refractivity contribution in [3.05, 3.63) is 22.7 Å². The van der Waals surface area contributed by atoms with Crippen molar-refractivity contribution in [3.63, 3.8) is 0 Å². The highest BCUT2D eigenvalue weighted by atomic mass is 35.5. The lowest BCUT2D eigenvalue weighted by Crippen LogP contribution is -1.92. The zero-order chi connectivity index (χ0) is 11.1. The smallest absolute Gasteiger partial charge is 0.163 e. The van der Waals surface area contributed by atoms with Gasteiger partial charge in [-0.05, 0) is 18.6 Å². The fourth-order valence-corrected chi connectivity index (χ4v) is 1.38. The Labute approximate surface area is 90.8 Å². The average Bonchev–Trinajstić information content (AvgIpc) is 2.19. The van der Waals surface area contributed by atoms with Gasteiger partial charge in [0.05, 0.1) is 14.2 Å². The van der Waals surface area contributed by atoms with E-state index in [1.807, 2.05) is 26.8 Å². The van der Waals surface area contributed by atoms with E-state index in [0.717, 1.165) is 11.3 Å². The van der Waals surface area contributed by atoms with Crippen molar-refractivity contribution in [2.24, 2.45) is 0 Å². The third-order valence-electron chi connectivity index (χ3n) is 1.63. The Kier molecular flexibility index (Phi) is 6.13. The fourth-order valence-electron chi connectivity index (χ4n) is 1.11. The standard InChI is InChI=1S/C9H11ClO2.C2H6/c1-6-4-7(10)5-8(11-2)9(6)12-3;1-2/h4-5H,1-3H3;1-2H3. The maximum absolute atomic E-state index is 5.82. The number of halogens is 1. The Balaban J connectivity index is 0.000000791. The largest absolute Gasteiger partial charge is 0.493 e. The van der Waals surface area contributed by atoms with Gasteiger partial charge in [-0.1, -0.05) is 25.4 Å². The van der Waals surface area contributed by atoms with E-state index in [0.29, 0.717) is 10.8 Å². The summed E-state index contributed by atoms with van der Waals surface area (Å²) >= 11 is 5.82. The lowest BCUT2D eigenvalue weighted by Gasteiger charge is -2.10. The summed E-state index contributed by atoms with van der Waals surface area (Å²) in [6.45, 7) is 5.92. The number of aryl methyl sites for hydroxylation is 1. The Morgan fingerprint density at radius 3 is 2.07 bits per heavy atom. The molecular formula is C11H17ClO2. The van der Waals surface area contributed by atoms with Crippen LogP contribution in [-0.4, -0.2) is 14.2 Å². The van der Waals surface area contributed by atoms with Gasteiger partial charge >= 0.3 is 0 Å². The molecule has 0 fully saturated rings. The van der Waals surface area contributed by atoms with Crippen molar-refractivity contribution >= 4 is 11.6 Å². The van der Waals surface area contributed by atoms with Crippen molar-refractivity contribution in [2.75, 3.05) is 14.2 Å². The van der Waals surface area contributed by atoms with E-state index in [2.05, 4.69) is 0 Å². The summed E-state index contributed by atoms with van der Waals surface area (Å²) in [5, 5.41) is 0.658. The Bertz CT molecular complexity index is 285. The lowest BCUT2D eigenvalue weighted by molar-refractivity contribution is 0.353. The third kappa shape index (κ3) is 3.11. The minimum absolute atomic E-state index is 0.658. The molecule has 2 nitrogen and oxygen atoms in total. The molecule has 0 aliphatic rings. The highest BCUT2D eigenvalue weighted by molar-refractivity contribution is 6.30. The first kappa shape index (κ1) is 13.1. The molecule has 3 heteroatoms. The van der Waals surface area contributed by atoms with Crippen LogP contribution >= 0.6 is 11.6 Å². The quantitative estimate of drug-likeness (QED) is 0.751. The molecule has 0 N–H and O–H groups in total. The molecule has 80 valence electrons. The molecule has 0 aromatic heterocycles. The van der Waals surface area contributed by atoms with Gasteiger partial charge in [-0.25, -0.2) is 0 Å². The van der Waals surface area contributed by atoms with Crippen molar-refractivity contribution in [1.29, 1.82) is 0 Å². The predicted octanol–water partition coefficient (Wildman–Crippen LogP) is 3.69. The second kappa shape index (κ2) is 6.55. The van der Waals surface area contributed by atoms with Gasteiger partial charge in [0.25, 0.3) is 0 Å². The first-order chi connectivity index (χ1) is 6.69. The molecular weight excluding hydrogens is 200 g/mol. The summed E-state index contributed by atoms with van der Waals surface area (Å²) in [4.78, 5) is 0. The van der Waals surface area contributed by atoms with Crippen LogP contribution in [0.1, 0.15) is 19.4 Å². The normalized spacial score (nSPS) is 8.71. The van der Waals surface area contributed by atoms with E-state index in [4.69, 9.17) is 21.1 Å². The van der Waals surface area contributed by atoms with Crippen LogP contribution in [0.3, 0.4) is 0 Å². The van der Waals surface area contributed by atoms with Crippen molar-refractivity contribution in [2.45, 2.75) is 20.8 Å². The van der Waals surface area contributed by atoms with E-state index in [1.165, 1.54) is 0 Å². The molecule has 14 heavy (non-hydrogen) atoms. The monoisotopic (exact) mass is 216 g/mol. The SMILES string of the molecule is CC.COc1cc(Cl)cc(C)c1OC. The lowest BCUT2D eigenvalue weighted by atomic mass is 10.2. The number of benzene rings is 1. The molecule has 1 rings (SSSR count). The number of methoxy groups -OCH3 is 2. The maximum Gasteiger partial charge on any atom is 0.163 e. The second-order valence-corrected chi connectivity index (χ2v) is 2.89. The maximum atomic E-state index is 5.82. The summed E-state index contributed by atoms with van der Waals surface area (Å²) in [7, 11) is 3.20. The van der Waals surface area contributed by atoms with Crippen LogP contribution in [0, 0.1) is 6.92 Å². The van der Waals surface area contributed by atoms with Gasteiger partial charge in [0.15, 0.2) is 11.5 Å². The summed E-state index contributed by atoms with van der Waals surface area (Å²) < 4.78 is 10.2. The average molecular weight is 217 g/mol. The van der Waals surface area contributed by atoms with Crippen LogP contribution in [0.2, 0.25) is 5.02 Å². The van der Waals surface area contributed by atoms with Crippen LogP contribution in [0.4, 0.5) is 0 Å². The molecule has 0 aliphatic heterocycles. The van der Waals surface area contributed by atoms with Crippen molar-refractivity contribution < 1.29 is 9.47 Å². The molecule has 0 amide bonds. The molecule has 0 spiro atoms. The van der Waals surface area contributed by atoms with Crippen molar-refractivity contribution in [1.82, 2.24) is 0 Å². The number of rotatable bonds is 2. The molecule has 0 unspecified atom stereocenters. The molecule has 0 aliphatic carbocycles. The van der Waals surface area contributed by atoms with E-state index in [1.54, 1.807) is 20.3 Å². The van der Waals surface area contributed by atoms with Gasteiger partial charge < -0.3 is 9.47 Å². The zero-order valence-corrected chi connectivity index (χ0v) is 10.1. The third-order valence-corrected chi connectivity index (χ3v) is 1.85. The minimum Gasteiger partial charge on any atom is -0.493 e. The first-order valence-electron chi connectivity index (χ1n) is 4.57. The zero-order valence-electron chi connectivity index (χ0n) is 9.35. The Morgan fingerprint density at radius 1 is 1.07 bits per heavy atom. The van der Waals surface area contributed by atoms with Crippen LogP contribution < -0.4 is 9.47 Å². The summed E-state index contributed by atoms with van der Waals surface area (Å²) in [5.74, 6) is 1.41. The van der Waals surface area contributed by atoms with Crippen LogP contribution in [-0.2, 0) is 0 Å². The van der Waals surface area contributed by atoms with Gasteiger partial charge in [-0.2, -0.15) is 0 Å². The first-order valence-corrected chi connectivity index (χ1v) is 4.95. The van der Waals surface area contributed by atoms with Gasteiger partial charge in [-0.15, -0.1) is 0 Å². The Hall–Kier alpha value is -0.890. The van der Waals surface area contributed by atoms with E-state index < -0.39 is 0 Å². The van der Waals surface area contributed by atoms with Gasteiger partial charge in [0.1, 0.15) is 0 Å². The second-order valence-electron chi connectivity index (χ2n) is 2.46. The molecule has 0 saturated heterocycles. The van der Waals surface area contributed by atoms with E-state index in [9.17, 15) is 0 Å². The summed E-state index contributed by atoms with van der Waals surface area (Å²) in [6.07, 6.45) is 0. The predicted molar refractivity (Wildman–Crippen MR) is 60.6 cm³/mol. The van der Waals surface area contributed by atoms with Gasteiger partial charge in [0.2, 0.25) is 0 Å². The van der Waals surface area contributed by atoms with Gasteiger partial charge in [0, 0.05) is 11.1 Å². The highest BCUT2D eigenvalue weighted by Crippen LogP contribution is 2.33. The number of ether oxygens (including phenoxy) is 2. The molecule has 0 saturated carbocycles. The Morgan fingerprint density at radius 2 is 1.64 bits per heavy atom. The molecule has 0 radical (unpaired) electrons. The molecule has 0 atom stereocenters. The topological polar surface area (TPSA) is 18.5 Å². The van der Waals surface area contributed by atoms with E-state index in [-0.39, 0.29) is 0 Å². The fraction of sp³-hybridized carbons (Fsp3) is 0.455.